The summed E-state index contributed by atoms with van der Waals surface area (Å²) in [5, 5.41) is 0. The SMILES string of the molecule is c1ccc(N2c3ccnc4c3B(c3ccccc3N4c3ccccc3)c3cc4c(nc32)N(c2ccccc2)c2nccc3c2B4c2cncnc2N3c2ccccc2)cc1. The number of hydrogen-bond donors (Lipinski definition) is 0. The number of anilines is 12. The zero-order valence-electron chi connectivity index (χ0n) is 32.1. The van der Waals surface area contributed by atoms with E-state index in [1.807, 2.05) is 24.7 Å². The van der Waals surface area contributed by atoms with Gasteiger partial charge in [-0.2, -0.15) is 0 Å². The van der Waals surface area contributed by atoms with Crippen molar-refractivity contribution in [1.29, 1.82) is 0 Å². The molecule has 0 N–H and O–H groups in total. The highest BCUT2D eigenvalue weighted by atomic mass is 15.3. The van der Waals surface area contributed by atoms with E-state index in [-0.39, 0.29) is 13.4 Å². The third-order valence-corrected chi connectivity index (χ3v) is 12.2. The minimum Gasteiger partial charge on any atom is -0.296 e. The largest absolute Gasteiger partial charge is 0.296 e. The molecule has 0 spiro atoms. The van der Waals surface area contributed by atoms with Gasteiger partial charge in [-0.25, -0.2) is 24.9 Å². The highest BCUT2D eigenvalue weighted by Gasteiger charge is 2.49. The molecular weight excluding hydrogens is 736 g/mol. The summed E-state index contributed by atoms with van der Waals surface area (Å²) in [6.07, 6.45) is 7.47. The number of benzene rings is 5. The van der Waals surface area contributed by atoms with Gasteiger partial charge in [-0.15, -0.1) is 0 Å². The van der Waals surface area contributed by atoms with Gasteiger partial charge in [0.15, 0.2) is 0 Å². The number of pyridine rings is 3. The molecule has 8 heterocycles. The highest BCUT2D eigenvalue weighted by molar-refractivity contribution is 7.02. The van der Waals surface area contributed by atoms with Gasteiger partial charge in [0.05, 0.1) is 0 Å². The van der Waals surface area contributed by atoms with Crippen LogP contribution in [0.2, 0.25) is 0 Å². The smallest absolute Gasteiger partial charge is 0.260 e. The van der Waals surface area contributed by atoms with Crippen molar-refractivity contribution < 1.29 is 0 Å². The molecule has 0 unspecified atom stereocenters. The van der Waals surface area contributed by atoms with Gasteiger partial charge in [-0.1, -0.05) is 97.1 Å². The minimum absolute atomic E-state index is 0.163. The van der Waals surface area contributed by atoms with Crippen LogP contribution in [0.4, 0.5) is 68.9 Å². The molecule has 278 valence electrons. The summed E-state index contributed by atoms with van der Waals surface area (Å²) in [7, 11) is 0. The quantitative estimate of drug-likeness (QED) is 0.179. The van der Waals surface area contributed by atoms with E-state index in [0.717, 1.165) is 96.2 Å². The zero-order valence-corrected chi connectivity index (χ0v) is 32.1. The third kappa shape index (κ3) is 4.57. The molecule has 4 aliphatic heterocycles. The molecular formula is C49H31B2N9. The molecule has 9 nitrogen and oxygen atoms in total. The first-order chi connectivity index (χ1) is 29.8. The van der Waals surface area contributed by atoms with Gasteiger partial charge in [0.2, 0.25) is 0 Å². The van der Waals surface area contributed by atoms with Gasteiger partial charge < -0.3 is 0 Å². The number of hydrogen-bond acceptors (Lipinski definition) is 9. The van der Waals surface area contributed by atoms with E-state index in [2.05, 4.69) is 182 Å². The van der Waals surface area contributed by atoms with E-state index in [0.29, 0.717) is 0 Å². The Balaban J connectivity index is 1.14. The van der Waals surface area contributed by atoms with Crippen molar-refractivity contribution in [2.45, 2.75) is 0 Å². The molecule has 0 amide bonds. The molecule has 13 rings (SSSR count). The summed E-state index contributed by atoms with van der Waals surface area (Å²) < 4.78 is 0. The summed E-state index contributed by atoms with van der Waals surface area (Å²) in [6, 6.07) is 57.5. The Bertz CT molecular complexity index is 2950. The minimum atomic E-state index is -0.257. The van der Waals surface area contributed by atoms with Crippen LogP contribution in [-0.4, -0.2) is 38.3 Å². The molecule has 0 atom stereocenters. The molecule has 9 aromatic rings. The van der Waals surface area contributed by atoms with Crippen LogP contribution in [0.1, 0.15) is 0 Å². The van der Waals surface area contributed by atoms with E-state index in [4.69, 9.17) is 19.9 Å². The maximum absolute atomic E-state index is 5.89. The highest BCUT2D eigenvalue weighted by Crippen LogP contribution is 2.45. The molecule has 0 radical (unpaired) electrons. The maximum Gasteiger partial charge on any atom is 0.260 e. The second-order valence-corrected chi connectivity index (χ2v) is 15.4. The van der Waals surface area contributed by atoms with E-state index in [1.165, 1.54) is 5.46 Å². The van der Waals surface area contributed by atoms with Crippen molar-refractivity contribution in [3.05, 3.63) is 189 Å². The van der Waals surface area contributed by atoms with Crippen molar-refractivity contribution in [3.63, 3.8) is 0 Å². The Hall–Kier alpha value is -8.04. The number of aromatic nitrogens is 5. The molecule has 0 fully saturated rings. The van der Waals surface area contributed by atoms with E-state index < -0.39 is 0 Å². The molecule has 0 saturated heterocycles. The second-order valence-electron chi connectivity index (χ2n) is 15.4. The first kappa shape index (κ1) is 33.0. The zero-order chi connectivity index (χ0) is 39.3. The van der Waals surface area contributed by atoms with Gasteiger partial charge in [-0.05, 0) is 99.5 Å². The van der Waals surface area contributed by atoms with Crippen LogP contribution in [0.25, 0.3) is 0 Å². The van der Waals surface area contributed by atoms with Crippen molar-refractivity contribution in [1.82, 2.24) is 24.9 Å². The first-order valence-electron chi connectivity index (χ1n) is 20.2. The number of rotatable bonds is 4. The normalized spacial score (nSPS) is 13.8. The monoisotopic (exact) mass is 767 g/mol. The maximum atomic E-state index is 5.89. The lowest BCUT2D eigenvalue weighted by atomic mass is 9.31. The van der Waals surface area contributed by atoms with Gasteiger partial charge in [-0.3, -0.25) is 19.6 Å². The lowest BCUT2D eigenvalue weighted by molar-refractivity contribution is 1.09. The van der Waals surface area contributed by atoms with E-state index in [9.17, 15) is 0 Å². The number of fused-ring (bicyclic) bond motifs is 8. The fourth-order valence-corrected chi connectivity index (χ4v) is 9.91. The summed E-state index contributed by atoms with van der Waals surface area (Å²) in [6.45, 7) is -0.421. The van der Waals surface area contributed by atoms with Crippen LogP contribution in [0, 0.1) is 0 Å². The summed E-state index contributed by atoms with van der Waals surface area (Å²) in [4.78, 5) is 35.1. The Labute approximate surface area is 347 Å². The topological polar surface area (TPSA) is 77.4 Å². The molecule has 0 aliphatic carbocycles. The van der Waals surface area contributed by atoms with E-state index in [1.54, 1.807) is 6.33 Å². The van der Waals surface area contributed by atoms with Gasteiger partial charge in [0.25, 0.3) is 13.4 Å². The van der Waals surface area contributed by atoms with Gasteiger partial charge >= 0.3 is 0 Å². The van der Waals surface area contributed by atoms with Crippen molar-refractivity contribution >= 4 is 115 Å². The summed E-state index contributed by atoms with van der Waals surface area (Å²) >= 11 is 0. The Morgan fingerprint density at radius 2 is 0.800 bits per heavy atom. The third-order valence-electron chi connectivity index (χ3n) is 12.2. The van der Waals surface area contributed by atoms with Crippen LogP contribution in [-0.2, 0) is 0 Å². The standard InChI is InChI=1S/C49H31B2N9/c1-5-15-32(16-6-1)57-40-24-14-13-23-36(40)50-37-29-38-47(56-46(37)59(34-19-9-3-10-20-34)42-26-27-53-48(57)43(42)50)60(35-21-11-4-12-22-35)49-44-41(25-28-54-49)58(33-17-7-2-8-18-33)45-39(51(38)44)30-52-31-55-45/h1-31H. The molecule has 0 bridgehead atoms. The molecule has 11 heteroatoms. The van der Waals surface area contributed by atoms with Crippen LogP contribution >= 0.6 is 0 Å². The molecule has 4 aromatic heterocycles. The molecule has 5 aromatic carbocycles. The summed E-state index contributed by atoms with van der Waals surface area (Å²) in [5.74, 6) is 4.26. The fourth-order valence-electron chi connectivity index (χ4n) is 9.91. The lowest BCUT2D eigenvalue weighted by Crippen LogP contribution is -2.66. The Morgan fingerprint density at radius 1 is 0.350 bits per heavy atom. The Kier molecular flexibility index (Phi) is 7.00. The number of nitrogens with zero attached hydrogens (tertiary/aromatic N) is 9. The van der Waals surface area contributed by atoms with Crippen molar-refractivity contribution in [2.24, 2.45) is 0 Å². The average Bonchev–Trinajstić information content (AvgIpc) is 3.32. The van der Waals surface area contributed by atoms with Crippen molar-refractivity contribution in [2.75, 3.05) is 19.6 Å². The first-order valence-corrected chi connectivity index (χ1v) is 20.2. The van der Waals surface area contributed by atoms with Gasteiger partial charge in [0, 0.05) is 58.4 Å². The second kappa shape index (κ2) is 12.7. The number of para-hydroxylation sites is 5. The van der Waals surface area contributed by atoms with Crippen molar-refractivity contribution in [3.8, 4) is 0 Å². The lowest BCUT2D eigenvalue weighted by Gasteiger charge is -2.45. The van der Waals surface area contributed by atoms with Crippen LogP contribution < -0.4 is 52.4 Å². The van der Waals surface area contributed by atoms with Crippen LogP contribution in [0.15, 0.2) is 189 Å². The Morgan fingerprint density at radius 3 is 1.38 bits per heavy atom. The molecule has 4 aliphatic rings. The molecule has 60 heavy (non-hydrogen) atoms. The predicted octanol–water partition coefficient (Wildman–Crippen LogP) is 6.83. The average molecular weight is 767 g/mol. The van der Waals surface area contributed by atoms with Crippen LogP contribution in [0.5, 0.6) is 0 Å². The van der Waals surface area contributed by atoms with E-state index >= 15 is 0 Å². The summed E-state index contributed by atoms with van der Waals surface area (Å²) in [5.41, 5.74) is 13.8. The van der Waals surface area contributed by atoms with Gasteiger partial charge in [0.1, 0.15) is 35.4 Å². The molecule has 0 saturated carbocycles. The predicted molar refractivity (Wildman–Crippen MR) is 243 cm³/mol. The van der Waals surface area contributed by atoms with Crippen LogP contribution in [0.3, 0.4) is 0 Å². The fraction of sp³-hybridized carbons (Fsp3) is 0.